The summed E-state index contributed by atoms with van der Waals surface area (Å²) in [7, 11) is 6.33. The Morgan fingerprint density at radius 3 is 0.985 bits per heavy atom. The quantitative estimate of drug-likeness (QED) is 0.0185. The van der Waals surface area contributed by atoms with Gasteiger partial charge in [-0.1, -0.05) is 10.4 Å². The van der Waals surface area contributed by atoms with Gasteiger partial charge in [-0.2, -0.15) is 0 Å². The van der Waals surface area contributed by atoms with Crippen LogP contribution in [0.2, 0.25) is 0 Å². The standard InChI is InChI=1S/C42H58F4N8O12/c1-55-7-11-59-15-19-63-25-29(26-64-20-16-60-12-8-56-2)53-23-33(49-51-53)31-5-6-32(40-39(31)47-41-37(45)35(43)36(44)38(46)42(41)48-40)34-24-54(52-50-34)30(27-65-21-17-61-13-9-57-3)28-66-22-18-62-14-10-58-4/h5-6,23-24,29-30H,7-22,25-28H2,1-4H3. The second-order valence-corrected chi connectivity index (χ2v) is 14.2. The first kappa shape index (κ1) is 52.5. The van der Waals surface area contributed by atoms with Gasteiger partial charge in [0.2, 0.25) is 0 Å². The fourth-order valence-corrected chi connectivity index (χ4v) is 6.14. The highest BCUT2D eigenvalue weighted by molar-refractivity contribution is 6.02. The Labute approximate surface area is 378 Å². The second-order valence-electron chi connectivity index (χ2n) is 14.2. The SMILES string of the molecule is COCCOCCOCC(COCCOCCOC)n1cc(-c2ccc(-c3cn(C(COCCOCCOC)COCCOCCOC)nn3)c3nc4c(F)c(F)c(F)c(F)c4nc23)nn1. The zero-order valence-electron chi connectivity index (χ0n) is 37.6. The lowest BCUT2D eigenvalue weighted by molar-refractivity contribution is -0.0124. The van der Waals surface area contributed by atoms with Crippen LogP contribution < -0.4 is 0 Å². The molecule has 3 heterocycles. The van der Waals surface area contributed by atoms with Gasteiger partial charge >= 0.3 is 0 Å². The van der Waals surface area contributed by atoms with Crippen molar-refractivity contribution in [2.45, 2.75) is 12.1 Å². The van der Waals surface area contributed by atoms with Gasteiger partial charge in [-0.25, -0.2) is 36.9 Å². The van der Waals surface area contributed by atoms with Crippen molar-refractivity contribution < 1.29 is 74.4 Å². The number of hydrogen-bond donors (Lipinski definition) is 0. The van der Waals surface area contributed by atoms with Crippen LogP contribution in [0.15, 0.2) is 24.5 Å². The van der Waals surface area contributed by atoms with Crippen molar-refractivity contribution in [3.8, 4) is 22.5 Å². The monoisotopic (exact) mass is 942 g/mol. The average molecular weight is 943 g/mol. The first-order chi connectivity index (χ1) is 32.3. The average Bonchev–Trinajstić information content (AvgIpc) is 4.03. The molecule has 5 aromatic rings. The zero-order chi connectivity index (χ0) is 46.9. The van der Waals surface area contributed by atoms with Crippen LogP contribution in [0.5, 0.6) is 0 Å². The predicted octanol–water partition coefficient (Wildman–Crippen LogP) is 3.66. The molecule has 0 atom stereocenters. The summed E-state index contributed by atoms with van der Waals surface area (Å²) in [5.74, 6) is -7.50. The molecular formula is C42H58F4N8O12. The summed E-state index contributed by atoms with van der Waals surface area (Å²) in [5.41, 5.74) is -0.775. The molecule has 0 aliphatic rings. The summed E-state index contributed by atoms with van der Waals surface area (Å²) in [6, 6.07) is 2.22. The molecule has 0 aliphatic carbocycles. The molecular weight excluding hydrogens is 884 g/mol. The zero-order valence-corrected chi connectivity index (χ0v) is 37.6. The Morgan fingerprint density at radius 2 is 0.682 bits per heavy atom. The number of halogens is 4. The molecule has 20 nitrogen and oxygen atoms in total. The minimum Gasteiger partial charge on any atom is -0.382 e. The van der Waals surface area contributed by atoms with Crippen molar-refractivity contribution in [3.05, 3.63) is 47.8 Å². The fraction of sp³-hybridized carbons (Fsp3) is 0.619. The lowest BCUT2D eigenvalue weighted by atomic mass is 10.0. The number of rotatable bonds is 36. The number of ether oxygens (including phenoxy) is 12. The predicted molar refractivity (Wildman–Crippen MR) is 227 cm³/mol. The summed E-state index contributed by atoms with van der Waals surface area (Å²) in [6.45, 7) is 6.41. The molecule has 24 heteroatoms. The third-order valence-corrected chi connectivity index (χ3v) is 9.59. The highest BCUT2D eigenvalue weighted by atomic mass is 19.2. The van der Waals surface area contributed by atoms with Crippen molar-refractivity contribution in [2.24, 2.45) is 0 Å². The van der Waals surface area contributed by atoms with E-state index in [0.29, 0.717) is 79.3 Å². The third-order valence-electron chi connectivity index (χ3n) is 9.59. The largest absolute Gasteiger partial charge is 0.382 e. The summed E-state index contributed by atoms with van der Waals surface area (Å²) < 4.78 is 129. The topological polar surface area (TPSA) is 198 Å². The number of fused-ring (bicyclic) bond motifs is 2. The first-order valence-corrected chi connectivity index (χ1v) is 21.2. The van der Waals surface area contributed by atoms with E-state index in [1.807, 2.05) is 0 Å². The molecule has 5 rings (SSSR count). The number of benzene rings is 2. The molecule has 2 aromatic carbocycles. The van der Waals surface area contributed by atoms with E-state index in [9.17, 15) is 8.78 Å². The van der Waals surface area contributed by atoms with Crippen LogP contribution in [0, 0.1) is 23.3 Å². The molecule has 0 fully saturated rings. The third kappa shape index (κ3) is 15.6. The van der Waals surface area contributed by atoms with Crippen molar-refractivity contribution in [1.29, 1.82) is 0 Å². The molecule has 366 valence electrons. The van der Waals surface area contributed by atoms with E-state index in [4.69, 9.17) is 56.8 Å². The molecule has 0 bridgehead atoms. The van der Waals surface area contributed by atoms with Crippen LogP contribution >= 0.6 is 0 Å². The van der Waals surface area contributed by atoms with Gasteiger partial charge in [-0.15, -0.1) is 10.2 Å². The Balaban J connectivity index is 1.45. The van der Waals surface area contributed by atoms with Gasteiger partial charge in [0.1, 0.15) is 34.5 Å². The minimum absolute atomic E-state index is 0.0402. The molecule has 0 unspecified atom stereocenters. The highest BCUT2D eigenvalue weighted by Gasteiger charge is 2.27. The Bertz CT molecular complexity index is 1990. The van der Waals surface area contributed by atoms with Gasteiger partial charge in [0.25, 0.3) is 0 Å². The normalized spacial score (nSPS) is 12.0. The van der Waals surface area contributed by atoms with Gasteiger partial charge in [-0.05, 0) is 12.1 Å². The van der Waals surface area contributed by atoms with Crippen molar-refractivity contribution in [1.82, 2.24) is 40.0 Å². The van der Waals surface area contributed by atoms with Gasteiger partial charge < -0.3 is 56.8 Å². The van der Waals surface area contributed by atoms with Crippen LogP contribution in [0.1, 0.15) is 12.1 Å². The van der Waals surface area contributed by atoms with Gasteiger partial charge in [0.15, 0.2) is 23.3 Å². The Morgan fingerprint density at radius 1 is 0.394 bits per heavy atom. The molecule has 3 aromatic heterocycles. The Hall–Kier alpha value is -4.44. The second kappa shape index (κ2) is 29.3. The lowest BCUT2D eigenvalue weighted by Crippen LogP contribution is -2.24. The lowest BCUT2D eigenvalue weighted by Gasteiger charge is -2.17. The van der Waals surface area contributed by atoms with E-state index in [1.54, 1.807) is 53.0 Å². The van der Waals surface area contributed by atoms with E-state index < -0.39 is 46.4 Å². The minimum atomic E-state index is -2.03. The maximum atomic E-state index is 15.4. The number of nitrogens with zero attached hydrogens (tertiary/aromatic N) is 8. The molecule has 0 N–H and O–H groups in total. The van der Waals surface area contributed by atoms with E-state index in [1.165, 1.54) is 9.36 Å². The van der Waals surface area contributed by atoms with Gasteiger partial charge in [-0.3, -0.25) is 0 Å². The van der Waals surface area contributed by atoms with Crippen LogP contribution in [0.4, 0.5) is 17.6 Å². The maximum absolute atomic E-state index is 15.4. The summed E-state index contributed by atoms with van der Waals surface area (Å²) in [6.07, 6.45) is 3.19. The summed E-state index contributed by atoms with van der Waals surface area (Å²) in [4.78, 5) is 8.69. The van der Waals surface area contributed by atoms with E-state index in [0.717, 1.165) is 0 Å². The van der Waals surface area contributed by atoms with Crippen LogP contribution in [0.25, 0.3) is 44.6 Å². The summed E-state index contributed by atoms with van der Waals surface area (Å²) in [5, 5.41) is 17.4. The molecule has 0 saturated heterocycles. The Kier molecular flexibility index (Phi) is 23.4. The smallest absolute Gasteiger partial charge is 0.199 e. The fourth-order valence-electron chi connectivity index (χ4n) is 6.14. The molecule has 0 amide bonds. The van der Waals surface area contributed by atoms with E-state index in [2.05, 4.69) is 30.6 Å². The number of hydrogen-bond acceptors (Lipinski definition) is 18. The number of aromatic nitrogens is 8. The van der Waals surface area contributed by atoms with Crippen LogP contribution in [0.3, 0.4) is 0 Å². The van der Waals surface area contributed by atoms with Gasteiger partial charge in [0.05, 0.1) is 156 Å². The van der Waals surface area contributed by atoms with Crippen LogP contribution in [-0.2, 0) is 56.8 Å². The van der Waals surface area contributed by atoms with E-state index >= 15 is 8.78 Å². The van der Waals surface area contributed by atoms with Gasteiger partial charge in [0, 0.05) is 39.6 Å². The van der Waals surface area contributed by atoms with Crippen LogP contribution in [-0.4, -0.2) is 201 Å². The van der Waals surface area contributed by atoms with Crippen molar-refractivity contribution in [3.63, 3.8) is 0 Å². The van der Waals surface area contributed by atoms with E-state index in [-0.39, 0.29) is 86.4 Å². The van der Waals surface area contributed by atoms with Crippen molar-refractivity contribution in [2.75, 3.05) is 161 Å². The molecule has 66 heavy (non-hydrogen) atoms. The maximum Gasteiger partial charge on any atom is 0.199 e. The molecule has 0 aliphatic heterocycles. The summed E-state index contributed by atoms with van der Waals surface area (Å²) >= 11 is 0. The van der Waals surface area contributed by atoms with Crippen molar-refractivity contribution >= 4 is 22.1 Å². The highest BCUT2D eigenvalue weighted by Crippen LogP contribution is 2.36. The molecule has 0 saturated carbocycles. The first-order valence-electron chi connectivity index (χ1n) is 21.2. The molecule has 0 spiro atoms. The molecule has 0 radical (unpaired) electrons. The number of methoxy groups -OCH3 is 4.